The van der Waals surface area contributed by atoms with Crippen LogP contribution in [-0.4, -0.2) is 37.6 Å². The molecular weight excluding hydrogens is 514 g/mol. The van der Waals surface area contributed by atoms with Gasteiger partial charge in [0.05, 0.1) is 0 Å². The SMILES string of the molecule is CCCC=CCCC(CCC=CCCC)CC(OC(=O)CCCCN(C)C)C(CCC=CCCC)CCC=CCCC. The van der Waals surface area contributed by atoms with Crippen LogP contribution in [0, 0.1) is 11.8 Å². The molecule has 0 saturated carbocycles. The van der Waals surface area contributed by atoms with Crippen molar-refractivity contribution in [3.05, 3.63) is 48.6 Å². The van der Waals surface area contributed by atoms with Gasteiger partial charge in [-0.15, -0.1) is 0 Å². The lowest BCUT2D eigenvalue weighted by Crippen LogP contribution is -2.30. The summed E-state index contributed by atoms with van der Waals surface area (Å²) in [5, 5.41) is 0. The van der Waals surface area contributed by atoms with E-state index in [0.717, 1.165) is 90.0 Å². The summed E-state index contributed by atoms with van der Waals surface area (Å²) in [6.07, 6.45) is 40.7. The number of rotatable bonds is 29. The molecule has 0 aromatic carbocycles. The summed E-state index contributed by atoms with van der Waals surface area (Å²) < 4.78 is 6.46. The molecule has 0 bridgehead atoms. The van der Waals surface area contributed by atoms with Gasteiger partial charge >= 0.3 is 5.97 Å². The fourth-order valence-corrected chi connectivity index (χ4v) is 5.38. The van der Waals surface area contributed by atoms with E-state index in [1.165, 1.54) is 38.5 Å². The predicted molar refractivity (Wildman–Crippen MR) is 187 cm³/mol. The maximum atomic E-state index is 13.2. The Bertz CT molecular complexity index is 665. The van der Waals surface area contributed by atoms with E-state index >= 15 is 0 Å². The van der Waals surface area contributed by atoms with Crippen molar-refractivity contribution in [2.75, 3.05) is 20.6 Å². The van der Waals surface area contributed by atoms with Gasteiger partial charge in [-0.05, 0) is 129 Å². The van der Waals surface area contributed by atoms with Gasteiger partial charge in [-0.3, -0.25) is 4.79 Å². The van der Waals surface area contributed by atoms with Crippen molar-refractivity contribution in [1.29, 1.82) is 0 Å². The first kappa shape index (κ1) is 40.4. The quantitative estimate of drug-likeness (QED) is 0.0497. The molecule has 0 radical (unpaired) electrons. The van der Waals surface area contributed by atoms with Gasteiger partial charge in [0, 0.05) is 6.42 Å². The predicted octanol–water partition coefficient (Wildman–Crippen LogP) is 11.8. The minimum Gasteiger partial charge on any atom is -0.462 e. The van der Waals surface area contributed by atoms with E-state index in [9.17, 15) is 4.79 Å². The highest BCUT2D eigenvalue weighted by Crippen LogP contribution is 2.31. The number of nitrogens with zero attached hydrogens (tertiary/aromatic N) is 1. The largest absolute Gasteiger partial charge is 0.462 e. The number of unbranched alkanes of at least 4 members (excludes halogenated alkanes) is 5. The Hall–Kier alpha value is -1.61. The standard InChI is InChI=1S/C39H71NO2/c1-7-11-15-19-23-29-36(30-24-20-16-12-8-2)35-38(42-39(41)33-27-28-34-40(5)6)37(31-25-21-17-13-9-3)32-26-22-18-14-10-4/h15-22,36-38H,7-14,23-35H2,1-6H3. The number of esters is 1. The maximum Gasteiger partial charge on any atom is 0.306 e. The molecule has 244 valence electrons. The lowest BCUT2D eigenvalue weighted by Gasteiger charge is -2.30. The van der Waals surface area contributed by atoms with Gasteiger partial charge in [-0.25, -0.2) is 0 Å². The maximum absolute atomic E-state index is 13.2. The summed E-state index contributed by atoms with van der Waals surface area (Å²) in [7, 11) is 4.19. The lowest BCUT2D eigenvalue weighted by molar-refractivity contribution is -0.153. The zero-order chi connectivity index (χ0) is 31.1. The zero-order valence-corrected chi connectivity index (χ0v) is 29.0. The third-order valence-electron chi connectivity index (χ3n) is 7.99. The Morgan fingerprint density at radius 3 is 1.40 bits per heavy atom. The Balaban J connectivity index is 5.77. The van der Waals surface area contributed by atoms with Crippen LogP contribution in [0.5, 0.6) is 0 Å². The van der Waals surface area contributed by atoms with Crippen molar-refractivity contribution in [2.24, 2.45) is 11.8 Å². The molecule has 0 aliphatic heterocycles. The Morgan fingerprint density at radius 2 is 1.00 bits per heavy atom. The highest BCUT2D eigenvalue weighted by molar-refractivity contribution is 5.69. The van der Waals surface area contributed by atoms with E-state index < -0.39 is 0 Å². The Labute approximate surface area is 263 Å². The number of hydrogen-bond acceptors (Lipinski definition) is 3. The van der Waals surface area contributed by atoms with Crippen LogP contribution in [0.15, 0.2) is 48.6 Å². The lowest BCUT2D eigenvalue weighted by atomic mass is 9.83. The van der Waals surface area contributed by atoms with Crippen molar-refractivity contribution >= 4 is 5.97 Å². The number of carbonyl (C=O) groups excluding carboxylic acids is 1. The van der Waals surface area contributed by atoms with Gasteiger partial charge in [-0.2, -0.15) is 0 Å². The molecule has 0 amide bonds. The van der Waals surface area contributed by atoms with Crippen LogP contribution >= 0.6 is 0 Å². The smallest absolute Gasteiger partial charge is 0.306 e. The molecule has 0 aromatic rings. The fourth-order valence-electron chi connectivity index (χ4n) is 5.38. The molecule has 0 aromatic heterocycles. The van der Waals surface area contributed by atoms with Gasteiger partial charge < -0.3 is 9.64 Å². The topological polar surface area (TPSA) is 29.5 Å². The second-order valence-electron chi connectivity index (χ2n) is 12.5. The number of hydrogen-bond donors (Lipinski definition) is 0. The van der Waals surface area contributed by atoms with Crippen molar-refractivity contribution in [1.82, 2.24) is 4.90 Å². The second-order valence-corrected chi connectivity index (χ2v) is 12.5. The van der Waals surface area contributed by atoms with Crippen molar-refractivity contribution < 1.29 is 9.53 Å². The van der Waals surface area contributed by atoms with Crippen LogP contribution in [0.4, 0.5) is 0 Å². The molecule has 0 aliphatic rings. The van der Waals surface area contributed by atoms with Crippen molar-refractivity contribution in [3.63, 3.8) is 0 Å². The highest BCUT2D eigenvalue weighted by Gasteiger charge is 2.27. The van der Waals surface area contributed by atoms with Gasteiger partial charge in [0.25, 0.3) is 0 Å². The minimum absolute atomic E-state index is 0.00902. The van der Waals surface area contributed by atoms with Gasteiger partial charge in [-0.1, -0.05) is 102 Å². The van der Waals surface area contributed by atoms with Gasteiger partial charge in [0.2, 0.25) is 0 Å². The van der Waals surface area contributed by atoms with E-state index in [4.69, 9.17) is 4.74 Å². The van der Waals surface area contributed by atoms with Crippen LogP contribution in [-0.2, 0) is 9.53 Å². The summed E-state index contributed by atoms with van der Waals surface area (Å²) in [5.41, 5.74) is 0. The minimum atomic E-state index is 0.00902. The molecule has 0 heterocycles. The van der Waals surface area contributed by atoms with Crippen molar-refractivity contribution in [2.45, 2.75) is 162 Å². The van der Waals surface area contributed by atoms with Gasteiger partial charge in [0.1, 0.15) is 6.10 Å². The summed E-state index contributed by atoms with van der Waals surface area (Å²) in [5.74, 6) is 0.987. The zero-order valence-electron chi connectivity index (χ0n) is 29.0. The molecule has 0 spiro atoms. The summed E-state index contributed by atoms with van der Waals surface area (Å²) in [6.45, 7) is 9.97. The first-order chi connectivity index (χ1) is 20.5. The number of carbonyl (C=O) groups is 1. The highest BCUT2D eigenvalue weighted by atomic mass is 16.5. The van der Waals surface area contributed by atoms with E-state index in [2.05, 4.69) is 95.3 Å². The van der Waals surface area contributed by atoms with Gasteiger partial charge in [0.15, 0.2) is 0 Å². The summed E-state index contributed by atoms with van der Waals surface area (Å²) in [4.78, 5) is 15.4. The van der Waals surface area contributed by atoms with E-state index in [1.807, 2.05) is 0 Å². The third-order valence-corrected chi connectivity index (χ3v) is 7.99. The molecule has 42 heavy (non-hydrogen) atoms. The normalized spacial score (nSPS) is 14.6. The molecule has 3 heteroatoms. The summed E-state index contributed by atoms with van der Waals surface area (Å²) >= 11 is 0. The molecule has 1 atom stereocenters. The van der Waals surface area contributed by atoms with Crippen LogP contribution in [0.25, 0.3) is 0 Å². The van der Waals surface area contributed by atoms with E-state index in [-0.39, 0.29) is 12.1 Å². The van der Waals surface area contributed by atoms with Crippen molar-refractivity contribution in [3.8, 4) is 0 Å². The van der Waals surface area contributed by atoms with Crippen LogP contribution in [0.3, 0.4) is 0 Å². The molecule has 3 nitrogen and oxygen atoms in total. The third kappa shape index (κ3) is 26.1. The molecule has 0 saturated heterocycles. The molecular formula is C39H71NO2. The van der Waals surface area contributed by atoms with Crippen LogP contribution < -0.4 is 0 Å². The Morgan fingerprint density at radius 1 is 0.595 bits per heavy atom. The van der Waals surface area contributed by atoms with Crippen LogP contribution in [0.1, 0.15) is 156 Å². The average Bonchev–Trinajstić information content (AvgIpc) is 2.97. The monoisotopic (exact) mass is 586 g/mol. The average molecular weight is 586 g/mol. The molecule has 1 unspecified atom stereocenters. The molecule has 0 fully saturated rings. The van der Waals surface area contributed by atoms with E-state index in [0.29, 0.717) is 18.3 Å². The van der Waals surface area contributed by atoms with Crippen LogP contribution in [0.2, 0.25) is 0 Å². The first-order valence-electron chi connectivity index (χ1n) is 17.9. The molecule has 0 rings (SSSR count). The Kier molecular flexibility index (Phi) is 29.7. The second kappa shape index (κ2) is 30.8. The summed E-state index contributed by atoms with van der Waals surface area (Å²) in [6, 6.07) is 0. The fraction of sp³-hybridized carbons (Fsp3) is 0.769. The molecule has 0 aliphatic carbocycles. The first-order valence-corrected chi connectivity index (χ1v) is 17.9. The molecule has 0 N–H and O–H groups in total. The number of allylic oxidation sites excluding steroid dienone is 8. The van der Waals surface area contributed by atoms with E-state index in [1.54, 1.807) is 0 Å². The number of ether oxygens (including phenoxy) is 1.